The van der Waals surface area contributed by atoms with Crippen molar-refractivity contribution in [2.75, 3.05) is 26.3 Å². The largest absolute Gasteiger partial charge is 0.486 e. The SMILES string of the molecule is O=C(NCC(F)(F)F)C1CCCN1C(=O)c1ccc(-c2ccc3c(c2)OCCO3)s1. The monoisotopic (exact) mass is 440 g/mol. The van der Waals surface area contributed by atoms with E-state index in [-0.39, 0.29) is 5.91 Å². The number of carbonyl (C=O) groups is 2. The zero-order valence-corrected chi connectivity index (χ0v) is 16.6. The van der Waals surface area contributed by atoms with Gasteiger partial charge in [0.25, 0.3) is 5.91 Å². The molecule has 1 fully saturated rings. The molecule has 1 N–H and O–H groups in total. The van der Waals surface area contributed by atoms with Crippen LogP contribution in [0.4, 0.5) is 13.2 Å². The summed E-state index contributed by atoms with van der Waals surface area (Å²) in [6.45, 7) is -0.104. The normalized spacial score (nSPS) is 18.4. The van der Waals surface area contributed by atoms with Crippen LogP contribution in [0, 0.1) is 0 Å². The number of ether oxygens (including phenoxy) is 2. The molecule has 1 atom stereocenters. The quantitative estimate of drug-likeness (QED) is 0.791. The van der Waals surface area contributed by atoms with Gasteiger partial charge in [-0.15, -0.1) is 11.3 Å². The summed E-state index contributed by atoms with van der Waals surface area (Å²) in [7, 11) is 0. The Bertz CT molecular complexity index is 960. The molecule has 1 saturated heterocycles. The molecule has 2 aliphatic heterocycles. The predicted octanol–water partition coefficient (Wildman–Crippen LogP) is 3.47. The van der Waals surface area contributed by atoms with Crippen LogP contribution in [0.1, 0.15) is 22.5 Å². The van der Waals surface area contributed by atoms with Gasteiger partial charge in [0.05, 0.1) is 4.88 Å². The first kappa shape index (κ1) is 20.5. The Kier molecular flexibility index (Phi) is 5.59. The molecule has 10 heteroatoms. The molecule has 0 aliphatic carbocycles. The lowest BCUT2D eigenvalue weighted by molar-refractivity contribution is -0.140. The van der Waals surface area contributed by atoms with Crippen LogP contribution in [-0.2, 0) is 4.79 Å². The summed E-state index contributed by atoms with van der Waals surface area (Å²) >= 11 is 1.26. The van der Waals surface area contributed by atoms with Crippen molar-refractivity contribution in [1.82, 2.24) is 10.2 Å². The van der Waals surface area contributed by atoms with Gasteiger partial charge in [-0.05, 0) is 48.7 Å². The Balaban J connectivity index is 1.47. The number of halogens is 3. The lowest BCUT2D eigenvalue weighted by Crippen LogP contribution is -2.47. The maximum atomic E-state index is 12.9. The number of nitrogens with one attached hydrogen (secondary N) is 1. The zero-order valence-electron chi connectivity index (χ0n) is 15.8. The fourth-order valence-electron chi connectivity index (χ4n) is 3.53. The molecule has 3 heterocycles. The van der Waals surface area contributed by atoms with Crippen LogP contribution < -0.4 is 14.8 Å². The van der Waals surface area contributed by atoms with E-state index in [9.17, 15) is 22.8 Å². The Morgan fingerprint density at radius 2 is 1.90 bits per heavy atom. The summed E-state index contributed by atoms with van der Waals surface area (Å²) in [6.07, 6.45) is -3.58. The highest BCUT2D eigenvalue weighted by molar-refractivity contribution is 7.17. The van der Waals surface area contributed by atoms with Crippen molar-refractivity contribution in [3.63, 3.8) is 0 Å². The van der Waals surface area contributed by atoms with Gasteiger partial charge in [-0.2, -0.15) is 13.2 Å². The van der Waals surface area contributed by atoms with E-state index in [4.69, 9.17) is 9.47 Å². The Hall–Kier alpha value is -2.75. The van der Waals surface area contributed by atoms with Crippen LogP contribution in [-0.4, -0.2) is 55.2 Å². The number of fused-ring (bicyclic) bond motifs is 1. The summed E-state index contributed by atoms with van der Waals surface area (Å²) in [5.74, 6) is 0.179. The van der Waals surface area contributed by atoms with Gasteiger partial charge in [0.15, 0.2) is 11.5 Å². The number of likely N-dealkylation sites (tertiary alicyclic amines) is 1. The average Bonchev–Trinajstić information content (AvgIpc) is 3.40. The molecule has 160 valence electrons. The molecule has 0 saturated carbocycles. The van der Waals surface area contributed by atoms with Gasteiger partial charge in [-0.1, -0.05) is 0 Å². The van der Waals surface area contributed by atoms with E-state index in [1.165, 1.54) is 16.2 Å². The lowest BCUT2D eigenvalue weighted by atomic mass is 10.1. The van der Waals surface area contributed by atoms with Crippen LogP contribution in [0.3, 0.4) is 0 Å². The topological polar surface area (TPSA) is 67.9 Å². The minimum absolute atomic E-state index is 0.334. The van der Waals surface area contributed by atoms with E-state index in [0.717, 1.165) is 10.4 Å². The minimum Gasteiger partial charge on any atom is -0.486 e. The molecule has 6 nitrogen and oxygen atoms in total. The Morgan fingerprint density at radius 1 is 1.13 bits per heavy atom. The number of rotatable bonds is 4. The molecular weight excluding hydrogens is 421 g/mol. The highest BCUT2D eigenvalue weighted by Crippen LogP contribution is 2.37. The Labute approximate surface area is 174 Å². The van der Waals surface area contributed by atoms with Gasteiger partial charge < -0.3 is 19.7 Å². The first-order valence-corrected chi connectivity index (χ1v) is 10.3. The van der Waals surface area contributed by atoms with E-state index in [1.807, 2.05) is 23.5 Å². The van der Waals surface area contributed by atoms with Crippen molar-refractivity contribution in [3.8, 4) is 21.9 Å². The maximum Gasteiger partial charge on any atom is 0.405 e. The van der Waals surface area contributed by atoms with Crippen LogP contribution in [0.2, 0.25) is 0 Å². The standard InChI is InChI=1S/C20H19F3N2O4S/c21-20(22,23)11-24-18(26)13-2-1-7-25(13)19(27)17-6-5-16(30-17)12-3-4-14-15(10-12)29-9-8-28-14/h3-6,10,13H,1-2,7-9,11H2,(H,24,26). The fourth-order valence-corrected chi connectivity index (χ4v) is 4.49. The van der Waals surface area contributed by atoms with Crippen molar-refractivity contribution in [1.29, 1.82) is 0 Å². The van der Waals surface area contributed by atoms with Crippen molar-refractivity contribution < 1.29 is 32.2 Å². The molecule has 0 radical (unpaired) electrons. The number of nitrogens with zero attached hydrogens (tertiary/aromatic N) is 1. The lowest BCUT2D eigenvalue weighted by Gasteiger charge is -2.23. The van der Waals surface area contributed by atoms with Crippen molar-refractivity contribution in [2.24, 2.45) is 0 Å². The number of amides is 2. The van der Waals surface area contributed by atoms with E-state index in [1.54, 1.807) is 12.1 Å². The molecule has 2 aliphatic rings. The Morgan fingerprint density at radius 3 is 2.67 bits per heavy atom. The molecule has 1 aromatic heterocycles. The van der Waals surface area contributed by atoms with Crippen LogP contribution >= 0.6 is 11.3 Å². The molecule has 30 heavy (non-hydrogen) atoms. The van der Waals surface area contributed by atoms with E-state index in [2.05, 4.69) is 0 Å². The number of hydrogen-bond donors (Lipinski definition) is 1. The number of carbonyl (C=O) groups excluding carboxylic acids is 2. The summed E-state index contributed by atoms with van der Waals surface area (Å²) in [4.78, 5) is 27.7. The van der Waals surface area contributed by atoms with Crippen molar-refractivity contribution >= 4 is 23.2 Å². The molecule has 0 spiro atoms. The number of alkyl halides is 3. The van der Waals surface area contributed by atoms with Gasteiger partial charge in [0, 0.05) is 11.4 Å². The molecule has 1 unspecified atom stereocenters. The first-order chi connectivity index (χ1) is 14.3. The maximum absolute atomic E-state index is 12.9. The predicted molar refractivity (Wildman–Crippen MR) is 104 cm³/mol. The van der Waals surface area contributed by atoms with Crippen LogP contribution in [0.25, 0.3) is 10.4 Å². The highest BCUT2D eigenvalue weighted by Gasteiger charge is 2.37. The molecule has 0 bridgehead atoms. The second-order valence-corrected chi connectivity index (χ2v) is 8.10. The summed E-state index contributed by atoms with van der Waals surface area (Å²) in [6, 6.07) is 8.11. The van der Waals surface area contributed by atoms with Gasteiger partial charge >= 0.3 is 6.18 Å². The van der Waals surface area contributed by atoms with Crippen molar-refractivity contribution in [3.05, 3.63) is 35.2 Å². The second-order valence-electron chi connectivity index (χ2n) is 7.01. The van der Waals surface area contributed by atoms with Crippen molar-refractivity contribution in [2.45, 2.75) is 25.1 Å². The number of thiophene rings is 1. The fraction of sp³-hybridized carbons (Fsp3) is 0.400. The first-order valence-electron chi connectivity index (χ1n) is 9.47. The smallest absolute Gasteiger partial charge is 0.405 e. The third-order valence-corrected chi connectivity index (χ3v) is 6.05. The van der Waals surface area contributed by atoms with Gasteiger partial charge in [-0.25, -0.2) is 0 Å². The van der Waals surface area contributed by atoms with Crippen LogP contribution in [0.15, 0.2) is 30.3 Å². The minimum atomic E-state index is -4.49. The van der Waals surface area contributed by atoms with Gasteiger partial charge in [0.1, 0.15) is 25.8 Å². The summed E-state index contributed by atoms with van der Waals surface area (Å²) in [5, 5.41) is 1.88. The molecule has 4 rings (SSSR count). The molecule has 2 aromatic rings. The molecule has 1 aromatic carbocycles. The van der Waals surface area contributed by atoms with E-state index >= 15 is 0 Å². The van der Waals surface area contributed by atoms with E-state index in [0.29, 0.717) is 49.0 Å². The summed E-state index contributed by atoms with van der Waals surface area (Å²) < 4.78 is 48.2. The molecular formula is C20H19F3N2O4S. The molecule has 2 amide bonds. The second kappa shape index (κ2) is 8.17. The average molecular weight is 440 g/mol. The van der Waals surface area contributed by atoms with Gasteiger partial charge in [-0.3, -0.25) is 9.59 Å². The third kappa shape index (κ3) is 4.38. The highest BCUT2D eigenvalue weighted by atomic mass is 32.1. The summed E-state index contributed by atoms with van der Waals surface area (Å²) in [5.41, 5.74) is 0.865. The number of hydrogen-bond acceptors (Lipinski definition) is 5. The van der Waals surface area contributed by atoms with Gasteiger partial charge in [0.2, 0.25) is 5.91 Å². The third-order valence-electron chi connectivity index (χ3n) is 4.92. The van der Waals surface area contributed by atoms with E-state index < -0.39 is 24.7 Å². The number of benzene rings is 1. The van der Waals surface area contributed by atoms with Crippen LogP contribution in [0.5, 0.6) is 11.5 Å². The zero-order chi connectivity index (χ0) is 21.3.